The van der Waals surface area contributed by atoms with E-state index in [1.807, 2.05) is 0 Å². The number of halogens is 4. The summed E-state index contributed by atoms with van der Waals surface area (Å²) in [4.78, 5) is 3.57. The summed E-state index contributed by atoms with van der Waals surface area (Å²) in [6, 6.07) is 5.33. The first-order valence-corrected chi connectivity index (χ1v) is 13.0. The number of nitrogen functional groups attached to an aromatic ring is 1. The van der Waals surface area contributed by atoms with Crippen molar-refractivity contribution in [2.24, 2.45) is 0 Å². The fraction of sp³-hybridized carbons (Fsp3) is 0.364. The predicted octanol–water partition coefficient (Wildman–Crippen LogP) is 4.06. The number of alkyl halides is 3. The number of sulfonamides is 1. The largest absolute Gasteiger partial charge is 0.495 e. The number of hydrogen-bond acceptors (Lipinski definition) is 8. The maximum absolute atomic E-state index is 14.1. The van der Waals surface area contributed by atoms with Crippen LogP contribution in [0.2, 0.25) is 5.02 Å². The number of nitrogens with one attached hydrogen (secondary N) is 3. The number of nitrogens with zero attached hydrogens (tertiary/aromatic N) is 2. The van der Waals surface area contributed by atoms with Crippen LogP contribution in [0, 0.1) is 0 Å². The third-order valence-corrected chi connectivity index (χ3v) is 7.77. The van der Waals surface area contributed by atoms with Gasteiger partial charge in [0.25, 0.3) is 0 Å². The Kier molecular flexibility index (Phi) is 7.55. The van der Waals surface area contributed by atoms with E-state index >= 15 is 0 Å². The van der Waals surface area contributed by atoms with E-state index in [-0.39, 0.29) is 50.4 Å². The molecule has 1 aliphatic carbocycles. The van der Waals surface area contributed by atoms with Crippen molar-refractivity contribution in [1.29, 1.82) is 0 Å². The molecule has 0 spiro atoms. The van der Waals surface area contributed by atoms with Crippen molar-refractivity contribution in [2.45, 2.75) is 48.9 Å². The van der Waals surface area contributed by atoms with Crippen LogP contribution in [-0.4, -0.2) is 48.0 Å². The highest BCUT2D eigenvalue weighted by molar-refractivity contribution is 7.89. The van der Waals surface area contributed by atoms with Gasteiger partial charge in [0, 0.05) is 17.3 Å². The van der Waals surface area contributed by atoms with Crippen LogP contribution in [-0.2, 0) is 16.2 Å². The van der Waals surface area contributed by atoms with E-state index in [1.54, 1.807) is 0 Å². The summed E-state index contributed by atoms with van der Waals surface area (Å²) in [5, 5.41) is 18.1. The Bertz CT molecular complexity index is 1390. The average Bonchev–Trinajstić information content (AvgIpc) is 3.23. The van der Waals surface area contributed by atoms with Crippen molar-refractivity contribution in [3.8, 4) is 16.9 Å². The predicted molar refractivity (Wildman–Crippen MR) is 131 cm³/mol. The molecule has 0 saturated heterocycles. The zero-order chi connectivity index (χ0) is 27.0. The van der Waals surface area contributed by atoms with Crippen molar-refractivity contribution in [2.75, 3.05) is 18.2 Å². The minimum atomic E-state index is -4.81. The zero-order valence-corrected chi connectivity index (χ0v) is 21.0. The SMILES string of the molecule is COc1cc(-c2c(Cl)cc(Nc3n[nH]c(N)n3)cc2C(F)(F)F)ccc1S(=O)(=O)N[C@H]1CC[C@H](O)CC1. The second-order valence-corrected chi connectivity index (χ2v) is 10.6. The van der Waals surface area contributed by atoms with Crippen LogP contribution in [0.4, 0.5) is 30.8 Å². The molecule has 1 heterocycles. The van der Waals surface area contributed by atoms with Gasteiger partial charge in [-0.2, -0.15) is 18.2 Å². The maximum atomic E-state index is 14.1. The summed E-state index contributed by atoms with van der Waals surface area (Å²) in [5.41, 5.74) is 3.99. The monoisotopic (exact) mass is 560 g/mol. The van der Waals surface area contributed by atoms with Crippen LogP contribution >= 0.6 is 11.6 Å². The van der Waals surface area contributed by atoms with Gasteiger partial charge in [-0.15, -0.1) is 5.10 Å². The van der Waals surface area contributed by atoms with E-state index < -0.39 is 27.9 Å². The molecule has 6 N–H and O–H groups in total. The van der Waals surface area contributed by atoms with Crippen LogP contribution in [0.3, 0.4) is 0 Å². The Morgan fingerprint density at radius 2 is 1.89 bits per heavy atom. The Morgan fingerprint density at radius 1 is 1.19 bits per heavy atom. The molecule has 1 aromatic heterocycles. The Hall–Kier alpha value is -3.07. The highest BCUT2D eigenvalue weighted by atomic mass is 35.5. The van der Waals surface area contributed by atoms with Crippen molar-refractivity contribution in [3.63, 3.8) is 0 Å². The highest BCUT2D eigenvalue weighted by Crippen LogP contribution is 2.44. The van der Waals surface area contributed by atoms with E-state index in [9.17, 15) is 26.7 Å². The van der Waals surface area contributed by atoms with Gasteiger partial charge in [-0.3, -0.25) is 0 Å². The number of hydrogen-bond donors (Lipinski definition) is 5. The molecule has 2 aromatic carbocycles. The number of anilines is 3. The lowest BCUT2D eigenvalue weighted by Crippen LogP contribution is -2.38. The number of H-pyrrole nitrogens is 1. The molecular formula is C22H24ClF3N6O4S. The lowest BCUT2D eigenvalue weighted by molar-refractivity contribution is -0.137. The zero-order valence-electron chi connectivity index (χ0n) is 19.4. The van der Waals surface area contributed by atoms with Crippen molar-refractivity contribution in [3.05, 3.63) is 40.9 Å². The van der Waals surface area contributed by atoms with Gasteiger partial charge < -0.3 is 20.9 Å². The van der Waals surface area contributed by atoms with Gasteiger partial charge >= 0.3 is 6.18 Å². The summed E-state index contributed by atoms with van der Waals surface area (Å²) in [5.74, 6) is -0.229. The minimum absolute atomic E-state index is 0.00241. The number of aliphatic hydroxyl groups is 1. The van der Waals surface area contributed by atoms with Gasteiger partial charge in [-0.05, 0) is 55.5 Å². The molecule has 200 valence electrons. The molecule has 1 aliphatic rings. The number of methoxy groups -OCH3 is 1. The van der Waals surface area contributed by atoms with Crippen LogP contribution in [0.1, 0.15) is 31.2 Å². The fourth-order valence-corrected chi connectivity index (χ4v) is 5.96. The first-order chi connectivity index (χ1) is 17.4. The number of nitrogens with two attached hydrogens (primary N) is 1. The molecule has 1 saturated carbocycles. The van der Waals surface area contributed by atoms with Crippen molar-refractivity contribution in [1.82, 2.24) is 19.9 Å². The number of aromatic amines is 1. The lowest BCUT2D eigenvalue weighted by atomic mass is 9.94. The molecule has 0 unspecified atom stereocenters. The molecule has 0 bridgehead atoms. The van der Waals surface area contributed by atoms with E-state index in [0.29, 0.717) is 25.7 Å². The molecule has 0 aliphatic heterocycles. The van der Waals surface area contributed by atoms with Crippen LogP contribution < -0.4 is 20.5 Å². The first kappa shape index (κ1) is 27.0. The standard InChI is InChI=1S/C22H24ClF3N6O4S/c1-36-17-8-11(2-7-18(17)37(34,35)32-12-3-5-14(33)6-4-12)19-15(22(24,25)26)9-13(10-16(19)23)28-21-29-20(27)30-31-21/h2,7-10,12,14,32-33H,3-6H2,1H3,(H4,27,28,29,30,31)/t12-,14-. The van der Waals surface area contributed by atoms with E-state index in [4.69, 9.17) is 22.1 Å². The fourth-order valence-electron chi connectivity index (χ4n) is 4.18. The maximum Gasteiger partial charge on any atom is 0.417 e. The molecule has 4 rings (SSSR count). The Morgan fingerprint density at radius 3 is 2.49 bits per heavy atom. The summed E-state index contributed by atoms with van der Waals surface area (Å²) in [7, 11) is -2.84. The summed E-state index contributed by atoms with van der Waals surface area (Å²) in [6.45, 7) is 0. The third-order valence-electron chi connectivity index (χ3n) is 5.91. The lowest BCUT2D eigenvalue weighted by Gasteiger charge is -2.26. The number of aliphatic hydroxyl groups excluding tert-OH is 1. The highest BCUT2D eigenvalue weighted by Gasteiger charge is 2.36. The smallest absolute Gasteiger partial charge is 0.417 e. The molecule has 1 fully saturated rings. The molecule has 0 radical (unpaired) electrons. The molecule has 0 atom stereocenters. The second kappa shape index (κ2) is 10.4. The first-order valence-electron chi connectivity index (χ1n) is 11.1. The number of aromatic nitrogens is 3. The Labute approximate surface area is 215 Å². The van der Waals surface area contributed by atoms with Crippen LogP contribution in [0.5, 0.6) is 5.75 Å². The van der Waals surface area contributed by atoms with E-state index in [1.165, 1.54) is 31.4 Å². The van der Waals surface area contributed by atoms with Crippen molar-refractivity contribution < 1.29 is 31.4 Å². The summed E-state index contributed by atoms with van der Waals surface area (Å²) >= 11 is 6.31. The van der Waals surface area contributed by atoms with Gasteiger partial charge in [0.2, 0.25) is 21.9 Å². The summed E-state index contributed by atoms with van der Waals surface area (Å²) in [6.07, 6.45) is -3.40. The van der Waals surface area contributed by atoms with Gasteiger partial charge in [0.1, 0.15) is 10.6 Å². The van der Waals surface area contributed by atoms with E-state index in [2.05, 4.69) is 25.2 Å². The van der Waals surface area contributed by atoms with Crippen LogP contribution in [0.25, 0.3) is 11.1 Å². The normalized spacial score (nSPS) is 18.5. The number of ether oxygens (including phenoxy) is 1. The molecule has 0 amide bonds. The van der Waals surface area contributed by atoms with Gasteiger partial charge in [-0.1, -0.05) is 17.7 Å². The van der Waals surface area contributed by atoms with Gasteiger partial charge in [0.15, 0.2) is 0 Å². The molecule has 15 heteroatoms. The Balaban J connectivity index is 1.71. The number of rotatable bonds is 7. The van der Waals surface area contributed by atoms with Gasteiger partial charge in [-0.25, -0.2) is 18.2 Å². The van der Waals surface area contributed by atoms with Crippen molar-refractivity contribution >= 4 is 39.2 Å². The molecule has 3 aromatic rings. The average molecular weight is 561 g/mol. The molecule has 10 nitrogen and oxygen atoms in total. The quantitative estimate of drug-likeness (QED) is 0.290. The van der Waals surface area contributed by atoms with Gasteiger partial charge in [0.05, 0.1) is 23.8 Å². The number of benzene rings is 2. The minimum Gasteiger partial charge on any atom is -0.495 e. The summed E-state index contributed by atoms with van der Waals surface area (Å²) < 4.78 is 76.1. The van der Waals surface area contributed by atoms with E-state index in [0.717, 1.165) is 6.07 Å². The van der Waals surface area contributed by atoms with Crippen LogP contribution in [0.15, 0.2) is 35.2 Å². The third kappa shape index (κ3) is 6.09. The second-order valence-electron chi connectivity index (χ2n) is 8.54. The topological polar surface area (TPSA) is 155 Å². The molecule has 37 heavy (non-hydrogen) atoms. The molecular weight excluding hydrogens is 537 g/mol.